The van der Waals surface area contributed by atoms with Gasteiger partial charge >= 0.3 is 70.7 Å². The second-order valence-corrected chi connectivity index (χ2v) is 0.344. The summed E-state index contributed by atoms with van der Waals surface area (Å²) in [7, 11) is 0. The number of rotatable bonds is 0. The molecule has 0 aliphatic heterocycles. The molecule has 0 aromatic carbocycles. The van der Waals surface area contributed by atoms with E-state index in [0.717, 1.165) is 0 Å². The third-order valence-electron chi connectivity index (χ3n) is 0. The minimum absolute atomic E-state index is 0.125. The molecular formula is O4TiWZn. The predicted octanol–water partition coefficient (Wildman–Crippen LogP) is -0.483. The minimum atomic E-state index is -2.00. The Morgan fingerprint density at radius 1 is 1.14 bits per heavy atom. The maximum atomic E-state index is 8.50. The van der Waals surface area contributed by atoms with E-state index in [1.807, 2.05) is 0 Å². The van der Waals surface area contributed by atoms with Crippen molar-refractivity contribution in [1.29, 1.82) is 0 Å². The first kappa shape index (κ1) is 15.7. The molecule has 0 rings (SSSR count). The fourth-order valence-electron chi connectivity index (χ4n) is 0. The van der Waals surface area contributed by atoms with Gasteiger partial charge in [-0.3, -0.25) is 0 Å². The molecule has 0 bridgehead atoms. The molecule has 0 radical (unpaired) electrons. The van der Waals surface area contributed by atoms with Gasteiger partial charge in [0.05, 0.1) is 0 Å². The van der Waals surface area contributed by atoms with Crippen molar-refractivity contribution in [3.63, 3.8) is 0 Å². The second kappa shape index (κ2) is 56.5. The molecule has 0 aliphatic rings. The summed E-state index contributed by atoms with van der Waals surface area (Å²) >= 11 is -1.54. The molecule has 36 valence electrons. The van der Waals surface area contributed by atoms with Crippen molar-refractivity contribution >= 4 is 0 Å². The molecule has 0 N–H and O–H groups in total. The summed E-state index contributed by atoms with van der Waals surface area (Å²) in [6.45, 7) is 0. The molecule has 0 aromatic heterocycles. The third kappa shape index (κ3) is 131. The second-order valence-electron chi connectivity index (χ2n) is 0.0833. The van der Waals surface area contributed by atoms with E-state index in [4.69, 9.17) is 13.6 Å². The fourth-order valence-corrected chi connectivity index (χ4v) is 0. The molecule has 0 aliphatic carbocycles. The van der Waals surface area contributed by atoms with Gasteiger partial charge in [0, 0.05) is 0 Å². The molecule has 4 nitrogen and oxygen atoms in total. The molecular weight excluding hydrogens is 361 g/mol. The molecule has 0 atom stereocenters. The molecule has 0 spiro atoms. The summed E-state index contributed by atoms with van der Waals surface area (Å²) in [5, 5.41) is 0. The van der Waals surface area contributed by atoms with Crippen LogP contribution in [0.2, 0.25) is 0 Å². The Morgan fingerprint density at radius 3 is 1.14 bits per heavy atom. The molecule has 0 aromatic rings. The van der Waals surface area contributed by atoms with Crippen LogP contribution in [-0.4, -0.2) is 0 Å². The van der Waals surface area contributed by atoms with E-state index < -0.39 is 19.1 Å². The summed E-state index contributed by atoms with van der Waals surface area (Å²) in [5.41, 5.74) is 0. The summed E-state index contributed by atoms with van der Waals surface area (Å²) in [6.07, 6.45) is 0. The van der Waals surface area contributed by atoms with Gasteiger partial charge in [-0.15, -0.1) is 0 Å². The Bertz CT molecular complexity index is 47.7. The van der Waals surface area contributed by atoms with Crippen LogP contribution in [0, 0.1) is 0 Å². The van der Waals surface area contributed by atoms with Crippen LogP contribution in [0.1, 0.15) is 0 Å². The summed E-state index contributed by atoms with van der Waals surface area (Å²) in [5.74, 6) is 0. The van der Waals surface area contributed by atoms with Crippen LogP contribution in [0.5, 0.6) is 0 Å². The van der Waals surface area contributed by atoms with Crippen LogP contribution < -0.4 is 0 Å². The zero-order valence-electron chi connectivity index (χ0n) is 3.25. The number of hydrogen-bond donors (Lipinski definition) is 0. The van der Waals surface area contributed by atoms with E-state index in [-0.39, 0.29) is 18.3 Å². The van der Waals surface area contributed by atoms with Crippen LogP contribution in [0.3, 0.4) is 0 Å². The van der Waals surface area contributed by atoms with Crippen molar-refractivity contribution in [2.75, 3.05) is 0 Å². The Kier molecular flexibility index (Phi) is 127. The van der Waals surface area contributed by atoms with Crippen molar-refractivity contribution < 1.29 is 70.7 Å². The van der Waals surface area contributed by atoms with E-state index in [1.165, 1.54) is 0 Å². The standard InChI is InChI=1S/4O.Ti.W.Zn. The average molecular weight is 361 g/mol. The SMILES string of the molecule is [O]=[Ti]=[O].[O]=[W].[O]=[Zn]. The van der Waals surface area contributed by atoms with E-state index in [1.54, 1.807) is 0 Å². The first-order chi connectivity index (χ1) is 3.41. The molecule has 0 saturated heterocycles. The van der Waals surface area contributed by atoms with Crippen molar-refractivity contribution in [2.24, 2.45) is 0 Å². The molecule has 0 saturated carbocycles. The third-order valence-corrected chi connectivity index (χ3v) is 0. The monoisotopic (exact) mass is 360 g/mol. The van der Waals surface area contributed by atoms with Crippen LogP contribution in [0.15, 0.2) is 0 Å². The molecule has 0 amide bonds. The van der Waals surface area contributed by atoms with Crippen LogP contribution in [-0.2, 0) is 70.7 Å². The van der Waals surface area contributed by atoms with E-state index >= 15 is 0 Å². The summed E-state index contributed by atoms with van der Waals surface area (Å²) in [4.78, 5) is 0. The Labute approximate surface area is 70.1 Å². The van der Waals surface area contributed by atoms with Gasteiger partial charge in [0.2, 0.25) is 0 Å². The van der Waals surface area contributed by atoms with Crippen LogP contribution in [0.4, 0.5) is 0 Å². The Morgan fingerprint density at radius 2 is 1.14 bits per heavy atom. The van der Waals surface area contributed by atoms with Gasteiger partial charge in [0.15, 0.2) is 0 Å². The van der Waals surface area contributed by atoms with Crippen molar-refractivity contribution in [2.45, 2.75) is 0 Å². The molecule has 0 fully saturated rings. The zero-order chi connectivity index (χ0) is 6.71. The average Bonchev–Trinajstić information content (AvgIpc) is 1.78. The van der Waals surface area contributed by atoms with Gasteiger partial charge in [-0.05, 0) is 0 Å². The summed E-state index contributed by atoms with van der Waals surface area (Å²) < 4.78 is 33.7. The van der Waals surface area contributed by atoms with Crippen LogP contribution >= 0.6 is 0 Å². The van der Waals surface area contributed by atoms with Crippen molar-refractivity contribution in [3.8, 4) is 0 Å². The van der Waals surface area contributed by atoms with E-state index in [9.17, 15) is 0 Å². The Hall–Kier alpha value is 1.23. The normalized spacial score (nSPS) is 2.57. The summed E-state index contributed by atoms with van der Waals surface area (Å²) in [6, 6.07) is 0. The van der Waals surface area contributed by atoms with Gasteiger partial charge in [0.1, 0.15) is 0 Å². The van der Waals surface area contributed by atoms with Gasteiger partial charge in [0.25, 0.3) is 0 Å². The fraction of sp³-hybridized carbons (Fsp3) is 0. The first-order valence-corrected chi connectivity index (χ1v) is 4.55. The predicted molar refractivity (Wildman–Crippen MR) is 2.75 cm³/mol. The van der Waals surface area contributed by atoms with E-state index in [0.29, 0.717) is 19.8 Å². The first-order valence-electron chi connectivity index (χ1n) is 0.864. The quantitative estimate of drug-likeness (QED) is 0.547. The zero-order valence-corrected chi connectivity index (χ0v) is 10.7. The van der Waals surface area contributed by atoms with Gasteiger partial charge in [-0.25, -0.2) is 0 Å². The van der Waals surface area contributed by atoms with Gasteiger partial charge in [-0.2, -0.15) is 0 Å². The Balaban J connectivity index is -0.0000000360. The molecule has 0 unspecified atom stereocenters. The van der Waals surface area contributed by atoms with Crippen molar-refractivity contribution in [1.82, 2.24) is 0 Å². The maximum absolute atomic E-state index is 8.50. The molecule has 0 heterocycles. The topological polar surface area (TPSA) is 68.3 Å². The van der Waals surface area contributed by atoms with Crippen LogP contribution in [0.25, 0.3) is 0 Å². The molecule has 7 heavy (non-hydrogen) atoms. The van der Waals surface area contributed by atoms with Crippen molar-refractivity contribution in [3.05, 3.63) is 0 Å². The van der Waals surface area contributed by atoms with Gasteiger partial charge < -0.3 is 0 Å². The number of hydrogen-bond acceptors (Lipinski definition) is 4. The van der Waals surface area contributed by atoms with Gasteiger partial charge in [-0.1, -0.05) is 0 Å². The van der Waals surface area contributed by atoms with E-state index in [2.05, 4.69) is 0 Å². The molecule has 7 heteroatoms.